The van der Waals surface area contributed by atoms with E-state index < -0.39 is 0 Å². The molecule has 1 N–H and O–H groups in total. The highest BCUT2D eigenvalue weighted by atomic mass is 35.5. The van der Waals surface area contributed by atoms with Gasteiger partial charge in [-0.1, -0.05) is 48.0 Å². The number of aromatic amines is 1. The minimum absolute atomic E-state index is 0.144. The third-order valence-electron chi connectivity index (χ3n) is 5.63. The van der Waals surface area contributed by atoms with E-state index in [1.165, 1.54) is 0 Å². The third kappa shape index (κ3) is 2.79. The molecule has 152 valence electrons. The second-order valence-corrected chi connectivity index (χ2v) is 7.83. The number of nitrogens with zero attached hydrogens (tertiary/aromatic N) is 2. The lowest BCUT2D eigenvalue weighted by atomic mass is 9.95. The summed E-state index contributed by atoms with van der Waals surface area (Å²) >= 11 is 6.10. The summed E-state index contributed by atoms with van der Waals surface area (Å²) in [6.45, 7) is 0.190. The highest BCUT2D eigenvalue weighted by Gasteiger charge is 2.43. The minimum Gasteiger partial charge on any atom is -0.454 e. The number of benzene rings is 3. The Bertz CT molecular complexity index is 1300. The van der Waals surface area contributed by atoms with Crippen LogP contribution < -0.4 is 14.4 Å². The third-order valence-corrected chi connectivity index (χ3v) is 5.88. The highest BCUT2D eigenvalue weighted by molar-refractivity contribution is 6.30. The molecule has 0 fully saturated rings. The number of hydrogen-bond donors (Lipinski definition) is 1. The van der Waals surface area contributed by atoms with Gasteiger partial charge in [0, 0.05) is 21.8 Å². The van der Waals surface area contributed by atoms with Crippen molar-refractivity contribution in [2.75, 3.05) is 11.7 Å². The number of ether oxygens (including phenoxy) is 2. The molecule has 1 aromatic heterocycles. The van der Waals surface area contributed by atoms with E-state index in [4.69, 9.17) is 21.1 Å². The standard InChI is InChI=1S/C24H16ClN3O3/c25-16-7-9-17(10-8-16)28-23(15-6-11-18-19(12-15)31-13-30-18)20-21(14-4-2-1-3-5-14)26-27-22(20)24(28)29/h1-12,23H,13H2,(H,26,27). The van der Waals surface area contributed by atoms with Crippen LogP contribution in [0, 0.1) is 0 Å². The first kappa shape index (κ1) is 18.0. The largest absolute Gasteiger partial charge is 0.454 e. The Morgan fingerprint density at radius 1 is 0.968 bits per heavy atom. The van der Waals surface area contributed by atoms with E-state index in [-0.39, 0.29) is 18.7 Å². The van der Waals surface area contributed by atoms with E-state index >= 15 is 0 Å². The number of hydrogen-bond acceptors (Lipinski definition) is 4. The zero-order valence-corrected chi connectivity index (χ0v) is 17.0. The van der Waals surface area contributed by atoms with Gasteiger partial charge in [-0.2, -0.15) is 5.10 Å². The van der Waals surface area contributed by atoms with E-state index in [2.05, 4.69) is 10.2 Å². The van der Waals surface area contributed by atoms with E-state index in [0.29, 0.717) is 22.2 Å². The molecule has 0 bridgehead atoms. The number of nitrogens with one attached hydrogen (secondary N) is 1. The van der Waals surface area contributed by atoms with Gasteiger partial charge in [0.2, 0.25) is 6.79 Å². The molecule has 3 heterocycles. The van der Waals surface area contributed by atoms with Gasteiger partial charge in [0.15, 0.2) is 11.5 Å². The van der Waals surface area contributed by atoms with Crippen LogP contribution in [0.25, 0.3) is 11.3 Å². The molecule has 3 aromatic carbocycles. The predicted molar refractivity (Wildman–Crippen MR) is 117 cm³/mol. The molecule has 1 unspecified atom stereocenters. The van der Waals surface area contributed by atoms with Crippen LogP contribution in [-0.4, -0.2) is 22.9 Å². The van der Waals surface area contributed by atoms with Gasteiger partial charge in [-0.15, -0.1) is 0 Å². The molecule has 31 heavy (non-hydrogen) atoms. The number of carbonyl (C=O) groups excluding carboxylic acids is 1. The van der Waals surface area contributed by atoms with Crippen molar-refractivity contribution in [2.45, 2.75) is 6.04 Å². The fraction of sp³-hybridized carbons (Fsp3) is 0.0833. The molecular formula is C24H16ClN3O3. The first-order valence-electron chi connectivity index (χ1n) is 9.83. The quantitative estimate of drug-likeness (QED) is 0.485. The van der Waals surface area contributed by atoms with Crippen LogP contribution in [0.1, 0.15) is 27.7 Å². The smallest absolute Gasteiger partial charge is 0.277 e. The second kappa shape index (κ2) is 6.89. The molecule has 7 heteroatoms. The summed E-state index contributed by atoms with van der Waals surface area (Å²) in [6, 6.07) is 22.5. The maximum Gasteiger partial charge on any atom is 0.277 e. The molecule has 1 atom stereocenters. The molecule has 4 aromatic rings. The van der Waals surface area contributed by atoms with Gasteiger partial charge in [0.25, 0.3) is 5.91 Å². The van der Waals surface area contributed by atoms with Crippen LogP contribution in [0.15, 0.2) is 72.8 Å². The van der Waals surface area contributed by atoms with E-state index in [9.17, 15) is 4.79 Å². The fourth-order valence-electron chi connectivity index (χ4n) is 4.23. The summed E-state index contributed by atoms with van der Waals surface area (Å²) in [5.41, 5.74) is 4.67. The monoisotopic (exact) mass is 429 g/mol. The first-order valence-corrected chi connectivity index (χ1v) is 10.2. The minimum atomic E-state index is -0.382. The molecule has 0 radical (unpaired) electrons. The Morgan fingerprint density at radius 3 is 2.55 bits per heavy atom. The van der Waals surface area contributed by atoms with Crippen molar-refractivity contribution >= 4 is 23.2 Å². The molecule has 6 rings (SSSR count). The van der Waals surface area contributed by atoms with Crippen molar-refractivity contribution in [1.29, 1.82) is 0 Å². The molecule has 2 aliphatic heterocycles. The van der Waals surface area contributed by atoms with Crippen molar-refractivity contribution in [3.63, 3.8) is 0 Å². The lowest BCUT2D eigenvalue weighted by molar-refractivity contribution is 0.0988. The number of halogens is 1. The van der Waals surface area contributed by atoms with Gasteiger partial charge >= 0.3 is 0 Å². The SMILES string of the molecule is O=C1c2[nH]nc(-c3ccccc3)c2C(c2ccc3c(c2)OCO3)N1c1ccc(Cl)cc1. The maximum absolute atomic E-state index is 13.5. The summed E-state index contributed by atoms with van der Waals surface area (Å²) < 4.78 is 11.1. The van der Waals surface area contributed by atoms with Crippen molar-refractivity contribution in [3.8, 4) is 22.8 Å². The van der Waals surface area contributed by atoms with Crippen molar-refractivity contribution in [3.05, 3.63) is 94.6 Å². The Labute approximate surface area is 183 Å². The Hall–Kier alpha value is -3.77. The normalized spacial score (nSPS) is 16.6. The van der Waals surface area contributed by atoms with Crippen LogP contribution in [0.4, 0.5) is 5.69 Å². The maximum atomic E-state index is 13.5. The first-order chi connectivity index (χ1) is 15.2. The Balaban J connectivity index is 1.56. The molecular weight excluding hydrogens is 414 g/mol. The number of anilines is 1. The zero-order valence-electron chi connectivity index (χ0n) is 16.2. The summed E-state index contributed by atoms with van der Waals surface area (Å²) in [6.07, 6.45) is 0. The molecule has 1 amide bonds. The molecule has 0 saturated heterocycles. The van der Waals surface area contributed by atoms with Crippen LogP contribution in [0.5, 0.6) is 11.5 Å². The highest BCUT2D eigenvalue weighted by Crippen LogP contribution is 2.47. The van der Waals surface area contributed by atoms with Gasteiger partial charge in [0.05, 0.1) is 11.7 Å². The summed E-state index contributed by atoms with van der Waals surface area (Å²) in [7, 11) is 0. The number of amides is 1. The van der Waals surface area contributed by atoms with Crippen molar-refractivity contribution in [1.82, 2.24) is 10.2 Å². The van der Waals surface area contributed by atoms with Gasteiger partial charge in [-0.3, -0.25) is 14.8 Å². The van der Waals surface area contributed by atoms with Gasteiger partial charge in [0.1, 0.15) is 5.69 Å². The fourth-order valence-corrected chi connectivity index (χ4v) is 4.36. The van der Waals surface area contributed by atoms with E-state index in [0.717, 1.165) is 28.1 Å². The number of rotatable bonds is 3. The van der Waals surface area contributed by atoms with Gasteiger partial charge in [-0.25, -0.2) is 0 Å². The number of fused-ring (bicyclic) bond motifs is 2. The molecule has 0 aliphatic carbocycles. The molecule has 0 spiro atoms. The Morgan fingerprint density at radius 2 is 1.74 bits per heavy atom. The van der Waals surface area contributed by atoms with Crippen molar-refractivity contribution in [2.24, 2.45) is 0 Å². The molecule has 0 saturated carbocycles. The van der Waals surface area contributed by atoms with Crippen LogP contribution in [0.3, 0.4) is 0 Å². The van der Waals surface area contributed by atoms with Crippen molar-refractivity contribution < 1.29 is 14.3 Å². The lowest BCUT2D eigenvalue weighted by Gasteiger charge is -2.26. The van der Waals surface area contributed by atoms with Crippen LogP contribution in [0.2, 0.25) is 5.02 Å². The topological polar surface area (TPSA) is 67.5 Å². The van der Waals surface area contributed by atoms with E-state index in [1.807, 2.05) is 60.7 Å². The average molecular weight is 430 g/mol. The number of carbonyl (C=O) groups is 1. The van der Waals surface area contributed by atoms with Gasteiger partial charge in [-0.05, 0) is 42.0 Å². The van der Waals surface area contributed by atoms with E-state index in [1.54, 1.807) is 17.0 Å². The van der Waals surface area contributed by atoms with Crippen LogP contribution >= 0.6 is 11.6 Å². The van der Waals surface area contributed by atoms with Crippen LogP contribution in [-0.2, 0) is 0 Å². The molecule has 6 nitrogen and oxygen atoms in total. The number of aromatic nitrogens is 2. The Kier molecular flexibility index (Phi) is 4.01. The summed E-state index contributed by atoms with van der Waals surface area (Å²) in [5, 5.41) is 8.09. The zero-order chi connectivity index (χ0) is 20.9. The van der Waals surface area contributed by atoms with Gasteiger partial charge < -0.3 is 9.47 Å². The number of H-pyrrole nitrogens is 1. The average Bonchev–Trinajstić information content (AvgIpc) is 3.50. The summed E-state index contributed by atoms with van der Waals surface area (Å²) in [5.74, 6) is 1.22. The lowest BCUT2D eigenvalue weighted by Crippen LogP contribution is -2.29. The predicted octanol–water partition coefficient (Wildman–Crippen LogP) is 5.21. The summed E-state index contributed by atoms with van der Waals surface area (Å²) in [4.78, 5) is 15.3. The second-order valence-electron chi connectivity index (χ2n) is 7.39. The molecule has 2 aliphatic rings.